The molecule has 0 fully saturated rings. The van der Waals surface area contributed by atoms with Crippen molar-refractivity contribution >= 4 is 23.9 Å². The van der Waals surface area contributed by atoms with Crippen LogP contribution in [0.5, 0.6) is 11.5 Å². The van der Waals surface area contributed by atoms with Gasteiger partial charge in [-0.25, -0.2) is 5.43 Å². The molecule has 9 heteroatoms. The van der Waals surface area contributed by atoms with E-state index in [2.05, 4.69) is 46.7 Å². The first-order valence-electron chi connectivity index (χ1n) is 10.7. The zero-order chi connectivity index (χ0) is 23.8. The van der Waals surface area contributed by atoms with Crippen LogP contribution in [0, 0.1) is 0 Å². The van der Waals surface area contributed by atoms with E-state index in [9.17, 15) is 4.79 Å². The molecule has 0 atom stereocenters. The molecule has 3 aromatic rings. The lowest BCUT2D eigenvalue weighted by molar-refractivity contribution is -0.118. The van der Waals surface area contributed by atoms with Gasteiger partial charge < -0.3 is 14.0 Å². The van der Waals surface area contributed by atoms with E-state index in [-0.39, 0.29) is 11.7 Å². The van der Waals surface area contributed by atoms with Gasteiger partial charge in [-0.15, -0.1) is 10.2 Å². The number of carbonyl (C=O) groups excluding carboxylic acids is 1. The van der Waals surface area contributed by atoms with Crippen molar-refractivity contribution in [3.05, 3.63) is 53.6 Å². The molecule has 2 aromatic carbocycles. The molecule has 1 heterocycles. The zero-order valence-corrected chi connectivity index (χ0v) is 20.3. The van der Waals surface area contributed by atoms with E-state index in [1.807, 2.05) is 41.8 Å². The normalized spacial score (nSPS) is 11.2. The van der Waals surface area contributed by atoms with Crippen LogP contribution in [0.1, 0.15) is 37.8 Å². The Hall–Kier alpha value is -3.33. The summed E-state index contributed by atoms with van der Waals surface area (Å²) in [6.07, 6.45) is 1.64. The van der Waals surface area contributed by atoms with E-state index < -0.39 is 0 Å². The van der Waals surface area contributed by atoms with Crippen LogP contribution >= 0.6 is 11.8 Å². The molecule has 3 rings (SSSR count). The molecule has 8 nitrogen and oxygen atoms in total. The fourth-order valence-corrected chi connectivity index (χ4v) is 3.97. The van der Waals surface area contributed by atoms with Crippen molar-refractivity contribution in [1.29, 1.82) is 0 Å². The van der Waals surface area contributed by atoms with Gasteiger partial charge in [0.1, 0.15) is 0 Å². The van der Waals surface area contributed by atoms with Crippen molar-refractivity contribution in [3.63, 3.8) is 0 Å². The molecule has 0 saturated carbocycles. The Morgan fingerprint density at radius 1 is 1.12 bits per heavy atom. The molecular weight excluding hydrogens is 438 g/mol. The third-order valence-corrected chi connectivity index (χ3v) is 5.98. The molecule has 1 N–H and O–H groups in total. The number of benzene rings is 2. The lowest BCUT2D eigenvalue weighted by atomic mass is 10.0. The van der Waals surface area contributed by atoms with E-state index in [1.54, 1.807) is 20.4 Å². The number of nitrogens with zero attached hydrogens (tertiary/aromatic N) is 4. The third kappa shape index (κ3) is 6.13. The standard InChI is InChI=1S/C24H29N5O3S/c1-6-29-23(19-11-12-20(31-4)21(13-19)32-5)27-28-24(29)33-15-22(30)26-25-14-17-7-9-18(10-8-17)16(2)3/h7-14,16H,6,15H2,1-5H3,(H,26,30)/b25-14-. The number of nitrogens with one attached hydrogen (secondary N) is 1. The Kier molecular flexibility index (Phi) is 8.48. The maximum atomic E-state index is 12.2. The molecule has 0 saturated heterocycles. The van der Waals surface area contributed by atoms with Crippen LogP contribution in [0.25, 0.3) is 11.4 Å². The number of amides is 1. The molecule has 33 heavy (non-hydrogen) atoms. The number of hydrogen-bond donors (Lipinski definition) is 1. The van der Waals surface area contributed by atoms with Crippen molar-refractivity contribution in [2.75, 3.05) is 20.0 Å². The van der Waals surface area contributed by atoms with Gasteiger partial charge >= 0.3 is 0 Å². The number of carbonyl (C=O) groups is 1. The van der Waals surface area contributed by atoms with E-state index in [0.717, 1.165) is 11.1 Å². The highest BCUT2D eigenvalue weighted by Crippen LogP contribution is 2.32. The second kappa shape index (κ2) is 11.5. The highest BCUT2D eigenvalue weighted by atomic mass is 32.2. The topological polar surface area (TPSA) is 90.6 Å². The van der Waals surface area contributed by atoms with Crippen molar-refractivity contribution in [1.82, 2.24) is 20.2 Å². The van der Waals surface area contributed by atoms with Gasteiger partial charge in [0.2, 0.25) is 0 Å². The minimum atomic E-state index is -0.214. The van der Waals surface area contributed by atoms with Crippen LogP contribution in [0.15, 0.2) is 52.7 Å². The molecule has 0 bridgehead atoms. The van der Waals surface area contributed by atoms with Gasteiger partial charge in [0.15, 0.2) is 22.5 Å². The predicted octanol–water partition coefficient (Wildman–Crippen LogP) is 4.35. The van der Waals surface area contributed by atoms with Gasteiger partial charge in [-0.05, 0) is 42.2 Å². The van der Waals surface area contributed by atoms with Crippen molar-refractivity contribution < 1.29 is 14.3 Å². The summed E-state index contributed by atoms with van der Waals surface area (Å²) in [5.74, 6) is 2.40. The molecule has 0 radical (unpaired) electrons. The van der Waals surface area contributed by atoms with Crippen LogP contribution < -0.4 is 14.9 Å². The average molecular weight is 468 g/mol. The van der Waals surface area contributed by atoms with Crippen molar-refractivity contribution in [2.45, 2.75) is 38.4 Å². The lowest BCUT2D eigenvalue weighted by Gasteiger charge is -2.10. The molecule has 0 aliphatic rings. The molecule has 1 amide bonds. The monoisotopic (exact) mass is 467 g/mol. The molecule has 0 aliphatic carbocycles. The van der Waals surface area contributed by atoms with E-state index in [4.69, 9.17) is 9.47 Å². The number of methoxy groups -OCH3 is 2. The summed E-state index contributed by atoms with van der Waals surface area (Å²) in [5.41, 5.74) is 5.61. The second-order valence-electron chi connectivity index (χ2n) is 7.52. The first-order valence-corrected chi connectivity index (χ1v) is 11.7. The molecular formula is C24H29N5O3S. The minimum Gasteiger partial charge on any atom is -0.493 e. The molecule has 0 spiro atoms. The van der Waals surface area contributed by atoms with E-state index in [1.165, 1.54) is 17.3 Å². The Bertz CT molecular complexity index is 1110. The summed E-state index contributed by atoms with van der Waals surface area (Å²) < 4.78 is 12.6. The Balaban J connectivity index is 1.61. The average Bonchev–Trinajstić information content (AvgIpc) is 3.25. The fourth-order valence-electron chi connectivity index (χ4n) is 3.18. The quantitative estimate of drug-likeness (QED) is 0.271. The largest absolute Gasteiger partial charge is 0.493 e. The van der Waals surface area contributed by atoms with Gasteiger partial charge in [-0.2, -0.15) is 5.10 Å². The number of thioether (sulfide) groups is 1. The number of hydrazone groups is 1. The van der Waals surface area contributed by atoms with Gasteiger partial charge in [0.05, 0.1) is 26.2 Å². The Labute approximate surface area is 198 Å². The smallest absolute Gasteiger partial charge is 0.250 e. The molecule has 0 aliphatic heterocycles. The number of rotatable bonds is 10. The summed E-state index contributed by atoms with van der Waals surface area (Å²) in [7, 11) is 3.19. The van der Waals surface area contributed by atoms with Gasteiger partial charge in [-0.1, -0.05) is 49.9 Å². The van der Waals surface area contributed by atoms with Crippen LogP contribution in [-0.4, -0.2) is 46.9 Å². The fraction of sp³-hybridized carbons (Fsp3) is 0.333. The van der Waals surface area contributed by atoms with Crippen molar-refractivity contribution in [3.8, 4) is 22.9 Å². The number of ether oxygens (including phenoxy) is 2. The van der Waals surface area contributed by atoms with Gasteiger partial charge in [0, 0.05) is 12.1 Å². The van der Waals surface area contributed by atoms with Crippen LogP contribution in [0.3, 0.4) is 0 Å². The Morgan fingerprint density at radius 2 is 1.85 bits per heavy atom. The summed E-state index contributed by atoms with van der Waals surface area (Å²) in [5, 5.41) is 13.3. The van der Waals surface area contributed by atoms with Gasteiger partial charge in [0.25, 0.3) is 5.91 Å². The van der Waals surface area contributed by atoms with Crippen LogP contribution in [0.4, 0.5) is 0 Å². The first-order chi connectivity index (χ1) is 16.0. The van der Waals surface area contributed by atoms with Gasteiger partial charge in [-0.3, -0.25) is 4.79 Å². The van der Waals surface area contributed by atoms with Crippen molar-refractivity contribution in [2.24, 2.45) is 5.10 Å². The summed E-state index contributed by atoms with van der Waals surface area (Å²) in [6, 6.07) is 13.7. The number of hydrogen-bond acceptors (Lipinski definition) is 7. The SMILES string of the molecule is CCn1c(SCC(=O)N/N=C\c2ccc(C(C)C)cc2)nnc1-c1ccc(OC)c(OC)c1. The third-order valence-electron chi connectivity index (χ3n) is 5.01. The zero-order valence-electron chi connectivity index (χ0n) is 19.5. The van der Waals surface area contributed by atoms with E-state index in [0.29, 0.717) is 34.9 Å². The summed E-state index contributed by atoms with van der Waals surface area (Å²) >= 11 is 1.31. The number of aromatic nitrogens is 3. The van der Waals surface area contributed by atoms with Crippen LogP contribution in [0.2, 0.25) is 0 Å². The lowest BCUT2D eigenvalue weighted by Crippen LogP contribution is -2.20. The summed E-state index contributed by atoms with van der Waals surface area (Å²) in [6.45, 7) is 6.96. The minimum absolute atomic E-state index is 0.174. The highest BCUT2D eigenvalue weighted by molar-refractivity contribution is 7.99. The van der Waals surface area contributed by atoms with Crippen LogP contribution in [-0.2, 0) is 11.3 Å². The second-order valence-corrected chi connectivity index (χ2v) is 8.47. The molecule has 0 unspecified atom stereocenters. The molecule has 174 valence electrons. The maximum absolute atomic E-state index is 12.2. The predicted molar refractivity (Wildman–Crippen MR) is 131 cm³/mol. The summed E-state index contributed by atoms with van der Waals surface area (Å²) in [4.78, 5) is 12.2. The highest BCUT2D eigenvalue weighted by Gasteiger charge is 2.16. The Morgan fingerprint density at radius 3 is 2.48 bits per heavy atom. The van der Waals surface area contributed by atoms with E-state index >= 15 is 0 Å². The molecule has 1 aromatic heterocycles. The first kappa shape index (κ1) is 24.3. The maximum Gasteiger partial charge on any atom is 0.250 e.